The Kier molecular flexibility index (Phi) is 3.71. The van der Waals surface area contributed by atoms with Gasteiger partial charge < -0.3 is 10.2 Å². The van der Waals surface area contributed by atoms with Gasteiger partial charge in [0.05, 0.1) is 0 Å². The number of hydrogen-bond donors (Lipinski definition) is 1. The molecule has 5 heteroatoms. The van der Waals surface area contributed by atoms with Crippen LogP contribution in [0.15, 0.2) is 24.3 Å². The van der Waals surface area contributed by atoms with E-state index in [1.165, 1.54) is 0 Å². The Morgan fingerprint density at radius 2 is 2.09 bits per heavy atom. The highest BCUT2D eigenvalue weighted by molar-refractivity contribution is 8.01. The number of rotatable bonds is 3. The highest BCUT2D eigenvalue weighted by Gasteiger charge is 2.57. The molecule has 1 aromatic carbocycles. The summed E-state index contributed by atoms with van der Waals surface area (Å²) < 4.78 is -0.300. The van der Waals surface area contributed by atoms with Crippen LogP contribution >= 0.6 is 11.8 Å². The average Bonchev–Trinajstić information content (AvgIpc) is 2.90. The molecule has 4 nitrogen and oxygen atoms in total. The first-order chi connectivity index (χ1) is 10.4. The average molecular weight is 318 g/mol. The van der Waals surface area contributed by atoms with Crippen molar-refractivity contribution in [1.82, 2.24) is 10.2 Å². The molecule has 0 aromatic heterocycles. The lowest BCUT2D eigenvalue weighted by Gasteiger charge is -2.30. The molecule has 1 N–H and O–H groups in total. The fraction of sp³-hybridized carbons (Fsp3) is 0.529. The minimum atomic E-state index is -0.434. The van der Waals surface area contributed by atoms with Gasteiger partial charge in [0.2, 0.25) is 5.91 Å². The summed E-state index contributed by atoms with van der Waals surface area (Å²) >= 11 is 1.70. The van der Waals surface area contributed by atoms with Crippen LogP contribution in [0.1, 0.15) is 55.4 Å². The second kappa shape index (κ2) is 5.30. The molecule has 2 heterocycles. The van der Waals surface area contributed by atoms with Gasteiger partial charge in [0, 0.05) is 16.4 Å². The number of nitrogens with one attached hydrogen (secondary N) is 1. The Morgan fingerprint density at radius 3 is 2.77 bits per heavy atom. The van der Waals surface area contributed by atoms with Gasteiger partial charge in [-0.2, -0.15) is 0 Å². The molecule has 1 saturated heterocycles. The highest BCUT2D eigenvalue weighted by atomic mass is 32.2. The molecule has 2 aliphatic heterocycles. The molecule has 0 saturated carbocycles. The van der Waals surface area contributed by atoms with Crippen molar-refractivity contribution in [3.05, 3.63) is 35.4 Å². The van der Waals surface area contributed by atoms with Crippen LogP contribution in [-0.4, -0.2) is 33.5 Å². The molecule has 2 aliphatic rings. The van der Waals surface area contributed by atoms with E-state index in [0.717, 1.165) is 17.5 Å². The second-order valence-electron chi connectivity index (χ2n) is 6.59. The molecule has 1 aromatic rings. The van der Waals surface area contributed by atoms with E-state index in [1.807, 2.05) is 52.0 Å². The van der Waals surface area contributed by atoms with Crippen molar-refractivity contribution in [3.8, 4) is 0 Å². The third-order valence-corrected chi connectivity index (χ3v) is 6.08. The minimum absolute atomic E-state index is 0.0250. The monoisotopic (exact) mass is 318 g/mol. The van der Waals surface area contributed by atoms with Gasteiger partial charge in [-0.1, -0.05) is 25.1 Å². The Hall–Kier alpha value is -1.49. The quantitative estimate of drug-likeness (QED) is 0.932. The number of amides is 2. The van der Waals surface area contributed by atoms with E-state index in [9.17, 15) is 9.59 Å². The third-order valence-electron chi connectivity index (χ3n) is 4.55. The summed E-state index contributed by atoms with van der Waals surface area (Å²) in [5, 5.41) is 2.99. The fourth-order valence-corrected chi connectivity index (χ4v) is 4.82. The molecular weight excluding hydrogens is 296 g/mol. The van der Waals surface area contributed by atoms with Gasteiger partial charge in [-0.3, -0.25) is 9.59 Å². The summed E-state index contributed by atoms with van der Waals surface area (Å²) in [5.74, 6) is -0.0708. The Labute approximate surface area is 135 Å². The van der Waals surface area contributed by atoms with Crippen LogP contribution in [0.4, 0.5) is 0 Å². The van der Waals surface area contributed by atoms with Crippen LogP contribution in [0, 0.1) is 0 Å². The van der Waals surface area contributed by atoms with E-state index in [1.54, 1.807) is 16.7 Å². The van der Waals surface area contributed by atoms with Gasteiger partial charge in [0.1, 0.15) is 11.4 Å². The smallest absolute Gasteiger partial charge is 0.256 e. The molecule has 0 aliphatic carbocycles. The zero-order valence-electron chi connectivity index (χ0n) is 13.4. The van der Waals surface area contributed by atoms with Crippen molar-refractivity contribution >= 4 is 23.6 Å². The normalized spacial score (nSPS) is 26.5. The van der Waals surface area contributed by atoms with Crippen molar-refractivity contribution in [2.45, 2.75) is 56.3 Å². The lowest BCUT2D eigenvalue weighted by atomic mass is 10.00. The van der Waals surface area contributed by atoms with Gasteiger partial charge in [-0.05, 0) is 38.8 Å². The maximum Gasteiger partial charge on any atom is 0.256 e. The summed E-state index contributed by atoms with van der Waals surface area (Å²) in [5.41, 5.74) is 1.77. The summed E-state index contributed by atoms with van der Waals surface area (Å²) in [6.07, 6.45) is 0.879. The fourth-order valence-electron chi connectivity index (χ4n) is 3.23. The topological polar surface area (TPSA) is 49.4 Å². The molecule has 2 unspecified atom stereocenters. The second-order valence-corrected chi connectivity index (χ2v) is 8.33. The van der Waals surface area contributed by atoms with E-state index in [-0.39, 0.29) is 28.0 Å². The first kappa shape index (κ1) is 15.4. The number of fused-ring (bicyclic) bond motifs is 3. The molecular formula is C17H22N2O2S. The maximum absolute atomic E-state index is 12.8. The molecule has 1 fully saturated rings. The summed E-state index contributed by atoms with van der Waals surface area (Å²) in [7, 11) is 0. The lowest BCUT2D eigenvalue weighted by Crippen LogP contribution is -2.54. The van der Waals surface area contributed by atoms with Crippen molar-refractivity contribution < 1.29 is 9.59 Å². The standard InChI is InChI=1S/C17H22N2O2S/c1-5-10(2)18-14(20)13-17(3,4)22-16-12-9-7-6-8-11(12)15(21)19(13)16/h6-10,13,16H,5H2,1-4H3,(H,18,20)/t10?,13-,16?/m1/s1. The van der Waals surface area contributed by atoms with Crippen LogP contribution < -0.4 is 5.32 Å². The first-order valence-electron chi connectivity index (χ1n) is 7.76. The molecule has 3 atom stereocenters. The van der Waals surface area contributed by atoms with Crippen LogP contribution in [0.5, 0.6) is 0 Å². The van der Waals surface area contributed by atoms with Gasteiger partial charge in [-0.15, -0.1) is 11.8 Å². The van der Waals surface area contributed by atoms with Crippen molar-refractivity contribution in [1.29, 1.82) is 0 Å². The number of carbonyl (C=O) groups excluding carboxylic acids is 2. The van der Waals surface area contributed by atoms with Crippen molar-refractivity contribution in [2.75, 3.05) is 0 Å². The van der Waals surface area contributed by atoms with Crippen LogP contribution in [0.2, 0.25) is 0 Å². The highest BCUT2D eigenvalue weighted by Crippen LogP contribution is 2.56. The number of thioether (sulfide) groups is 1. The molecule has 22 heavy (non-hydrogen) atoms. The zero-order valence-corrected chi connectivity index (χ0v) is 14.2. The molecule has 0 spiro atoms. The number of hydrogen-bond acceptors (Lipinski definition) is 3. The molecule has 2 amide bonds. The van der Waals surface area contributed by atoms with Crippen molar-refractivity contribution in [2.24, 2.45) is 0 Å². The number of benzene rings is 1. The van der Waals surface area contributed by atoms with Gasteiger partial charge >= 0.3 is 0 Å². The Balaban J connectivity index is 1.95. The number of nitrogens with zero attached hydrogens (tertiary/aromatic N) is 1. The maximum atomic E-state index is 12.8. The summed E-state index contributed by atoms with van der Waals surface area (Å²) in [6, 6.07) is 7.37. The van der Waals surface area contributed by atoms with Crippen LogP contribution in [0.25, 0.3) is 0 Å². The molecule has 118 valence electrons. The zero-order chi connectivity index (χ0) is 16.1. The minimum Gasteiger partial charge on any atom is -0.352 e. The van der Waals surface area contributed by atoms with E-state index < -0.39 is 6.04 Å². The van der Waals surface area contributed by atoms with Crippen LogP contribution in [0.3, 0.4) is 0 Å². The van der Waals surface area contributed by atoms with E-state index in [4.69, 9.17) is 0 Å². The van der Waals surface area contributed by atoms with E-state index in [0.29, 0.717) is 0 Å². The summed E-state index contributed by atoms with van der Waals surface area (Å²) in [6.45, 7) is 8.13. The van der Waals surface area contributed by atoms with Gasteiger partial charge in [0.15, 0.2) is 0 Å². The van der Waals surface area contributed by atoms with E-state index in [2.05, 4.69) is 5.32 Å². The largest absolute Gasteiger partial charge is 0.352 e. The predicted octanol–water partition coefficient (Wildman–Crippen LogP) is 2.95. The molecule has 0 bridgehead atoms. The van der Waals surface area contributed by atoms with Crippen molar-refractivity contribution in [3.63, 3.8) is 0 Å². The SMILES string of the molecule is CCC(C)NC(=O)[C@H]1N2C(=O)c3ccccc3C2SC1(C)C. The predicted molar refractivity (Wildman–Crippen MR) is 88.7 cm³/mol. The van der Waals surface area contributed by atoms with Gasteiger partial charge in [-0.25, -0.2) is 0 Å². The molecule has 0 radical (unpaired) electrons. The Bertz CT molecular complexity index is 629. The van der Waals surface area contributed by atoms with Crippen LogP contribution in [-0.2, 0) is 4.79 Å². The first-order valence-corrected chi connectivity index (χ1v) is 8.64. The third kappa shape index (κ3) is 2.22. The van der Waals surface area contributed by atoms with Gasteiger partial charge in [0.25, 0.3) is 5.91 Å². The molecule has 3 rings (SSSR count). The Morgan fingerprint density at radius 1 is 1.41 bits per heavy atom. The summed E-state index contributed by atoms with van der Waals surface area (Å²) in [4.78, 5) is 27.3. The lowest BCUT2D eigenvalue weighted by molar-refractivity contribution is -0.126. The number of carbonyl (C=O) groups is 2. The van der Waals surface area contributed by atoms with E-state index >= 15 is 0 Å².